The largest absolute Gasteiger partial charge is 0.494 e. The van der Waals surface area contributed by atoms with E-state index in [1.807, 2.05) is 22.2 Å². The number of likely N-dealkylation sites (tertiary alicyclic amines) is 1. The fraction of sp³-hybridized carbons (Fsp3) is 0.515. The smallest absolute Gasteiger partial charge is 0.407 e. The fourth-order valence-corrected chi connectivity index (χ4v) is 6.08. The minimum absolute atomic E-state index is 0.0656. The van der Waals surface area contributed by atoms with Gasteiger partial charge in [0.2, 0.25) is 0 Å². The number of methoxy groups -OCH3 is 1. The Kier molecular flexibility index (Phi) is 7.92. The van der Waals surface area contributed by atoms with Crippen LogP contribution < -0.4 is 10.1 Å². The molecule has 0 bridgehead atoms. The van der Waals surface area contributed by atoms with Gasteiger partial charge < -0.3 is 28.8 Å². The SMILES string of the molecule is COc1cc(C(=O)N2C[C@H](F)C[C@@H](NC(=O)OC(C)(C)C)C2)cc2nc(-c3cc4ccc(C(C)(F)F)nc4n3CC3CC3)n(C)c12. The van der Waals surface area contributed by atoms with Crippen molar-refractivity contribution in [2.24, 2.45) is 13.0 Å². The molecule has 2 amide bonds. The van der Waals surface area contributed by atoms with Crippen molar-refractivity contribution in [3.63, 3.8) is 0 Å². The molecule has 3 aromatic heterocycles. The average Bonchev–Trinajstić information content (AvgIpc) is 3.63. The van der Waals surface area contributed by atoms with Crippen LogP contribution >= 0.6 is 0 Å². The van der Waals surface area contributed by atoms with Gasteiger partial charge in [-0.15, -0.1) is 0 Å². The molecule has 0 unspecified atom stereocenters. The van der Waals surface area contributed by atoms with Crippen LogP contribution in [0.4, 0.5) is 18.0 Å². The van der Waals surface area contributed by atoms with Crippen LogP contribution in [0.2, 0.25) is 0 Å². The van der Waals surface area contributed by atoms with Crippen LogP contribution in [0.5, 0.6) is 5.75 Å². The molecule has 1 saturated heterocycles. The number of pyridine rings is 1. The number of ether oxygens (including phenoxy) is 2. The lowest BCUT2D eigenvalue weighted by molar-refractivity contribution is 0.0130. The number of halogens is 3. The summed E-state index contributed by atoms with van der Waals surface area (Å²) in [7, 11) is 3.33. The Balaban J connectivity index is 1.35. The molecule has 4 heterocycles. The number of carbonyl (C=O) groups is 2. The Bertz CT molecular complexity index is 1820. The van der Waals surface area contributed by atoms with E-state index in [0.29, 0.717) is 46.4 Å². The summed E-state index contributed by atoms with van der Waals surface area (Å²) < 4.78 is 58.1. The van der Waals surface area contributed by atoms with Crippen LogP contribution in [0, 0.1) is 5.92 Å². The first-order valence-electron chi connectivity index (χ1n) is 15.5. The number of nitrogens with one attached hydrogen (secondary N) is 1. The predicted octanol–water partition coefficient (Wildman–Crippen LogP) is 6.20. The van der Waals surface area contributed by atoms with E-state index in [1.165, 1.54) is 18.1 Å². The van der Waals surface area contributed by atoms with Crippen molar-refractivity contribution in [1.82, 2.24) is 29.3 Å². The lowest BCUT2D eigenvalue weighted by atomic mass is 10.0. The molecule has 2 aliphatic rings. The number of aryl methyl sites for hydroxylation is 1. The number of benzene rings is 1. The molecule has 1 aromatic carbocycles. The summed E-state index contributed by atoms with van der Waals surface area (Å²) in [6.07, 6.45) is 0.164. The highest BCUT2D eigenvalue weighted by Gasteiger charge is 2.34. The Morgan fingerprint density at radius 1 is 1.07 bits per heavy atom. The first-order chi connectivity index (χ1) is 21.6. The summed E-state index contributed by atoms with van der Waals surface area (Å²) in [5, 5.41) is 3.41. The molecule has 46 heavy (non-hydrogen) atoms. The van der Waals surface area contributed by atoms with Crippen LogP contribution in [0.25, 0.3) is 33.6 Å². The van der Waals surface area contributed by atoms with Crippen LogP contribution in [-0.4, -0.2) is 74.0 Å². The maximum Gasteiger partial charge on any atom is 0.407 e. The highest BCUT2D eigenvalue weighted by molar-refractivity contribution is 6.00. The summed E-state index contributed by atoms with van der Waals surface area (Å²) >= 11 is 0. The molecule has 0 radical (unpaired) electrons. The van der Waals surface area contributed by atoms with Crippen LogP contribution in [0.1, 0.15) is 63.0 Å². The second-order valence-corrected chi connectivity index (χ2v) is 13.5. The maximum atomic E-state index is 14.8. The van der Waals surface area contributed by atoms with Crippen molar-refractivity contribution in [3.05, 3.63) is 41.6 Å². The molecule has 10 nitrogen and oxygen atoms in total. The second kappa shape index (κ2) is 11.5. The summed E-state index contributed by atoms with van der Waals surface area (Å²) in [6, 6.07) is 7.53. The lowest BCUT2D eigenvalue weighted by Crippen LogP contribution is -2.54. The van der Waals surface area contributed by atoms with Gasteiger partial charge in [-0.25, -0.2) is 19.2 Å². The molecule has 4 aromatic rings. The minimum atomic E-state index is -3.08. The number of carbonyl (C=O) groups excluding carboxylic acids is 2. The highest BCUT2D eigenvalue weighted by Crippen LogP contribution is 2.38. The molecule has 1 aliphatic carbocycles. The number of piperidine rings is 1. The zero-order chi connectivity index (χ0) is 33.1. The Hall–Kier alpha value is -4.29. The summed E-state index contributed by atoms with van der Waals surface area (Å²) in [4.78, 5) is 36.7. The first-order valence-corrected chi connectivity index (χ1v) is 15.5. The fourth-order valence-electron chi connectivity index (χ4n) is 6.08. The molecule has 1 aliphatic heterocycles. The van der Waals surface area contributed by atoms with E-state index in [-0.39, 0.29) is 30.8 Å². The van der Waals surface area contributed by atoms with Crippen molar-refractivity contribution in [3.8, 4) is 17.3 Å². The van der Waals surface area contributed by atoms with E-state index < -0.39 is 35.7 Å². The minimum Gasteiger partial charge on any atom is -0.494 e. The van der Waals surface area contributed by atoms with E-state index in [2.05, 4.69) is 10.3 Å². The number of fused-ring (bicyclic) bond motifs is 2. The Labute approximate surface area is 264 Å². The van der Waals surface area contributed by atoms with Gasteiger partial charge in [0, 0.05) is 44.4 Å². The molecule has 246 valence electrons. The summed E-state index contributed by atoms with van der Waals surface area (Å²) in [6.45, 7) is 6.66. The number of imidazole rings is 1. The molecular formula is C33H39F3N6O4. The Morgan fingerprint density at radius 2 is 1.80 bits per heavy atom. The van der Waals surface area contributed by atoms with E-state index in [1.54, 1.807) is 39.0 Å². The molecule has 6 rings (SSSR count). The maximum absolute atomic E-state index is 14.8. The van der Waals surface area contributed by atoms with Gasteiger partial charge in [0.1, 0.15) is 34.4 Å². The topological polar surface area (TPSA) is 104 Å². The lowest BCUT2D eigenvalue weighted by Gasteiger charge is -2.35. The molecule has 1 saturated carbocycles. The molecule has 0 spiro atoms. The first kappa shape index (κ1) is 31.7. The third-order valence-electron chi connectivity index (χ3n) is 8.37. The van der Waals surface area contributed by atoms with Crippen molar-refractivity contribution >= 4 is 34.1 Å². The van der Waals surface area contributed by atoms with Gasteiger partial charge in [0.05, 0.1) is 30.9 Å². The van der Waals surface area contributed by atoms with Crippen molar-refractivity contribution in [2.45, 2.75) is 77.2 Å². The van der Waals surface area contributed by atoms with Crippen LogP contribution in [0.3, 0.4) is 0 Å². The predicted molar refractivity (Wildman–Crippen MR) is 167 cm³/mol. The number of hydrogen-bond donors (Lipinski definition) is 1. The van der Waals surface area contributed by atoms with Crippen molar-refractivity contribution < 1.29 is 32.2 Å². The summed E-state index contributed by atoms with van der Waals surface area (Å²) in [5.41, 5.74) is 1.55. The molecule has 2 atom stereocenters. The zero-order valence-corrected chi connectivity index (χ0v) is 26.9. The second-order valence-electron chi connectivity index (χ2n) is 13.5. The third-order valence-corrected chi connectivity index (χ3v) is 8.37. The average molecular weight is 641 g/mol. The van der Waals surface area contributed by atoms with Gasteiger partial charge in [-0.05, 0) is 69.9 Å². The number of alkyl carbamates (subject to hydrolysis) is 1. The van der Waals surface area contributed by atoms with E-state index >= 15 is 0 Å². The molecule has 1 N–H and O–H groups in total. The number of hydrogen-bond acceptors (Lipinski definition) is 6. The number of rotatable bonds is 7. The van der Waals surface area contributed by atoms with E-state index in [0.717, 1.165) is 25.2 Å². The van der Waals surface area contributed by atoms with Gasteiger partial charge in [0.15, 0.2) is 5.82 Å². The third kappa shape index (κ3) is 6.36. The monoisotopic (exact) mass is 640 g/mol. The van der Waals surface area contributed by atoms with Crippen LogP contribution in [0.15, 0.2) is 30.3 Å². The van der Waals surface area contributed by atoms with Gasteiger partial charge >= 0.3 is 6.09 Å². The van der Waals surface area contributed by atoms with Crippen molar-refractivity contribution in [2.75, 3.05) is 20.2 Å². The zero-order valence-electron chi connectivity index (χ0n) is 26.9. The van der Waals surface area contributed by atoms with Crippen LogP contribution in [-0.2, 0) is 24.3 Å². The standard InChI is InChI=1S/C33H39F3N6O4/c1-32(2,3)46-31(44)37-22-14-21(34)16-41(17-22)30(43)20-11-23-27(25(13-20)45-6)40(5)29(38-23)24-12-19-9-10-26(33(4,35)36)39-28(19)42(24)15-18-7-8-18/h9-13,18,21-22H,7-8,14-17H2,1-6H3,(H,37,44)/t21-,22-/m1/s1. The summed E-state index contributed by atoms with van der Waals surface area (Å²) in [5.74, 6) is -2.13. The quantitative estimate of drug-likeness (QED) is 0.258. The Morgan fingerprint density at radius 3 is 2.46 bits per heavy atom. The molecule has 13 heteroatoms. The molecule has 2 fully saturated rings. The number of alkyl halides is 3. The van der Waals surface area contributed by atoms with Gasteiger partial charge in [-0.2, -0.15) is 8.78 Å². The number of nitrogens with zero attached hydrogens (tertiary/aromatic N) is 5. The number of amides is 2. The normalized spacial score (nSPS) is 19.1. The van der Waals surface area contributed by atoms with Gasteiger partial charge in [-0.1, -0.05) is 0 Å². The van der Waals surface area contributed by atoms with Gasteiger partial charge in [0.25, 0.3) is 11.8 Å². The van der Waals surface area contributed by atoms with Crippen molar-refractivity contribution in [1.29, 1.82) is 0 Å². The molecular weight excluding hydrogens is 601 g/mol. The van der Waals surface area contributed by atoms with E-state index in [4.69, 9.17) is 14.5 Å². The number of aromatic nitrogens is 4. The van der Waals surface area contributed by atoms with E-state index in [9.17, 15) is 22.8 Å². The highest BCUT2D eigenvalue weighted by atomic mass is 19.3. The van der Waals surface area contributed by atoms with Gasteiger partial charge in [-0.3, -0.25) is 4.79 Å².